The third-order valence-electron chi connectivity index (χ3n) is 3.20. The molecule has 1 aliphatic heterocycles. The van der Waals surface area contributed by atoms with Gasteiger partial charge < -0.3 is 9.32 Å². The van der Waals surface area contributed by atoms with Crippen molar-refractivity contribution in [2.45, 2.75) is 38.6 Å². The fourth-order valence-electron chi connectivity index (χ4n) is 2.38. The minimum atomic E-state index is -0.119. The smallest absolute Gasteiger partial charge is 0.289 e. The van der Waals surface area contributed by atoms with Crippen LogP contribution in [0.2, 0.25) is 0 Å². The lowest BCUT2D eigenvalue weighted by molar-refractivity contribution is -0.118. The summed E-state index contributed by atoms with van der Waals surface area (Å²) in [5.41, 5.74) is 0. The monoisotopic (exact) mass is 313 g/mol. The van der Waals surface area contributed by atoms with Gasteiger partial charge in [-0.1, -0.05) is 0 Å². The quantitative estimate of drug-likeness (QED) is 0.862. The van der Waals surface area contributed by atoms with Crippen LogP contribution in [0.4, 0.5) is 0 Å². The van der Waals surface area contributed by atoms with Crippen molar-refractivity contribution in [1.82, 2.24) is 4.90 Å². The second-order valence-corrected chi connectivity index (χ2v) is 5.44. The van der Waals surface area contributed by atoms with Gasteiger partial charge in [-0.2, -0.15) is 0 Å². The fraction of sp³-hybridized carbons (Fsp3) is 0.538. The Morgan fingerprint density at radius 3 is 2.83 bits per heavy atom. The molecule has 0 aliphatic carbocycles. The second-order valence-electron chi connectivity index (χ2n) is 4.66. The van der Waals surface area contributed by atoms with E-state index >= 15 is 0 Å². The molecule has 1 atom stereocenters. The van der Waals surface area contributed by atoms with E-state index in [0.29, 0.717) is 23.4 Å². The Bertz CT molecular complexity index is 455. The molecule has 0 saturated carbocycles. The highest BCUT2D eigenvalue weighted by Crippen LogP contribution is 2.24. The molecule has 0 spiro atoms. The Morgan fingerprint density at radius 2 is 2.22 bits per heavy atom. The zero-order valence-corrected chi connectivity index (χ0v) is 11.9. The fourth-order valence-corrected chi connectivity index (χ4v) is 2.69. The van der Waals surface area contributed by atoms with Crippen molar-refractivity contribution >= 4 is 27.6 Å². The molecular weight excluding hydrogens is 298 g/mol. The van der Waals surface area contributed by atoms with E-state index < -0.39 is 0 Å². The largest absolute Gasteiger partial charge is 0.444 e. The van der Waals surface area contributed by atoms with Crippen LogP contribution in [0, 0.1) is 0 Å². The molecule has 1 aromatic heterocycles. The van der Waals surface area contributed by atoms with Crippen molar-refractivity contribution in [2.24, 2.45) is 0 Å². The number of Topliss-reactive ketones (excluding diaryl/α,β-unsaturated/α-hetero) is 1. The summed E-state index contributed by atoms with van der Waals surface area (Å²) in [6, 6.07) is 3.39. The number of rotatable bonds is 3. The van der Waals surface area contributed by atoms with E-state index in [2.05, 4.69) is 15.9 Å². The highest BCUT2D eigenvalue weighted by molar-refractivity contribution is 9.10. The van der Waals surface area contributed by atoms with Gasteiger partial charge in [0.15, 0.2) is 10.4 Å². The molecule has 18 heavy (non-hydrogen) atoms. The number of piperidine rings is 1. The average molecular weight is 314 g/mol. The van der Waals surface area contributed by atoms with Gasteiger partial charge in [0.1, 0.15) is 5.78 Å². The van der Waals surface area contributed by atoms with Crippen LogP contribution in [0.3, 0.4) is 0 Å². The Balaban J connectivity index is 2.13. The molecule has 1 aliphatic rings. The highest BCUT2D eigenvalue weighted by Gasteiger charge is 2.29. The van der Waals surface area contributed by atoms with E-state index in [1.165, 1.54) is 0 Å². The molecule has 0 bridgehead atoms. The molecule has 1 saturated heterocycles. The van der Waals surface area contributed by atoms with Crippen molar-refractivity contribution in [3.8, 4) is 0 Å². The molecule has 0 aromatic carbocycles. The maximum Gasteiger partial charge on any atom is 0.289 e. The Hall–Kier alpha value is -1.10. The minimum Gasteiger partial charge on any atom is -0.444 e. The number of halogens is 1. The van der Waals surface area contributed by atoms with Gasteiger partial charge in [0, 0.05) is 19.0 Å². The first-order valence-corrected chi connectivity index (χ1v) is 6.93. The van der Waals surface area contributed by atoms with E-state index in [-0.39, 0.29) is 17.7 Å². The number of carbonyl (C=O) groups is 2. The topological polar surface area (TPSA) is 50.5 Å². The Labute approximate surface area is 114 Å². The van der Waals surface area contributed by atoms with E-state index in [4.69, 9.17) is 4.42 Å². The number of furan rings is 1. The normalized spacial score (nSPS) is 19.9. The van der Waals surface area contributed by atoms with Crippen LogP contribution in [0.1, 0.15) is 43.2 Å². The molecule has 5 heteroatoms. The molecule has 1 aromatic rings. The maximum absolute atomic E-state index is 12.3. The lowest BCUT2D eigenvalue weighted by atomic mass is 9.97. The van der Waals surface area contributed by atoms with Crippen LogP contribution in [0.15, 0.2) is 21.2 Å². The van der Waals surface area contributed by atoms with Gasteiger partial charge in [0.25, 0.3) is 5.91 Å². The second kappa shape index (κ2) is 5.69. The Morgan fingerprint density at radius 1 is 1.44 bits per heavy atom. The predicted molar refractivity (Wildman–Crippen MR) is 70.4 cm³/mol. The summed E-state index contributed by atoms with van der Waals surface area (Å²) in [6.45, 7) is 2.27. The first-order valence-electron chi connectivity index (χ1n) is 6.13. The van der Waals surface area contributed by atoms with Crippen LogP contribution < -0.4 is 0 Å². The zero-order valence-electron chi connectivity index (χ0n) is 10.3. The molecule has 1 fully saturated rings. The predicted octanol–water partition coefficient (Wildman–Crippen LogP) is 3.02. The third kappa shape index (κ3) is 3.02. The summed E-state index contributed by atoms with van der Waals surface area (Å²) in [5, 5.41) is 0. The summed E-state index contributed by atoms with van der Waals surface area (Å²) < 4.78 is 5.84. The van der Waals surface area contributed by atoms with Crippen LogP contribution in [0.25, 0.3) is 0 Å². The standard InChI is InChI=1S/C13H16BrNO3/c1-9(16)8-10-4-2-3-7-15(10)13(17)11-5-6-12(14)18-11/h5-6,10H,2-4,7-8H2,1H3. The molecule has 0 N–H and O–H groups in total. The minimum absolute atomic E-state index is 0.0209. The lowest BCUT2D eigenvalue weighted by Gasteiger charge is -2.34. The molecule has 2 rings (SSSR count). The van der Waals surface area contributed by atoms with Crippen molar-refractivity contribution in [3.05, 3.63) is 22.6 Å². The van der Waals surface area contributed by atoms with Gasteiger partial charge in [0.2, 0.25) is 0 Å². The summed E-state index contributed by atoms with van der Waals surface area (Å²) in [5.74, 6) is 0.337. The summed E-state index contributed by atoms with van der Waals surface area (Å²) >= 11 is 3.19. The SMILES string of the molecule is CC(=O)CC1CCCCN1C(=O)c1ccc(Br)o1. The number of ketones is 1. The number of nitrogens with zero attached hydrogens (tertiary/aromatic N) is 1. The number of carbonyl (C=O) groups excluding carboxylic acids is 2. The summed E-state index contributed by atoms with van der Waals surface area (Å²) in [7, 11) is 0. The summed E-state index contributed by atoms with van der Waals surface area (Å²) in [4.78, 5) is 25.3. The molecular formula is C13H16BrNO3. The van der Waals surface area contributed by atoms with Crippen molar-refractivity contribution in [2.75, 3.05) is 6.54 Å². The van der Waals surface area contributed by atoms with E-state index in [0.717, 1.165) is 19.3 Å². The first-order chi connectivity index (χ1) is 8.58. The molecule has 98 valence electrons. The van der Waals surface area contributed by atoms with Crippen molar-refractivity contribution in [1.29, 1.82) is 0 Å². The third-order valence-corrected chi connectivity index (χ3v) is 3.62. The van der Waals surface area contributed by atoms with E-state index in [1.807, 2.05) is 0 Å². The maximum atomic E-state index is 12.3. The summed E-state index contributed by atoms with van der Waals surface area (Å²) in [6.07, 6.45) is 3.40. The molecule has 2 heterocycles. The van der Waals surface area contributed by atoms with Gasteiger partial charge in [-0.25, -0.2) is 0 Å². The van der Waals surface area contributed by atoms with Crippen molar-refractivity contribution in [3.63, 3.8) is 0 Å². The zero-order chi connectivity index (χ0) is 13.1. The van der Waals surface area contributed by atoms with Crippen LogP contribution in [-0.2, 0) is 4.79 Å². The van der Waals surface area contributed by atoms with Gasteiger partial charge in [0.05, 0.1) is 0 Å². The molecule has 4 nitrogen and oxygen atoms in total. The van der Waals surface area contributed by atoms with Crippen LogP contribution >= 0.6 is 15.9 Å². The van der Waals surface area contributed by atoms with E-state index in [9.17, 15) is 9.59 Å². The number of hydrogen-bond donors (Lipinski definition) is 0. The van der Waals surface area contributed by atoms with E-state index in [1.54, 1.807) is 24.0 Å². The van der Waals surface area contributed by atoms with Crippen LogP contribution in [0.5, 0.6) is 0 Å². The molecule has 1 unspecified atom stereocenters. The van der Waals surface area contributed by atoms with Crippen LogP contribution in [-0.4, -0.2) is 29.2 Å². The Kier molecular flexibility index (Phi) is 4.22. The van der Waals surface area contributed by atoms with Gasteiger partial charge in [-0.15, -0.1) is 0 Å². The number of amides is 1. The van der Waals surface area contributed by atoms with Gasteiger partial charge in [-0.05, 0) is 54.2 Å². The first kappa shape index (κ1) is 13.3. The van der Waals surface area contributed by atoms with Gasteiger partial charge >= 0.3 is 0 Å². The number of likely N-dealkylation sites (tertiary alicyclic amines) is 1. The van der Waals surface area contributed by atoms with Gasteiger partial charge in [-0.3, -0.25) is 9.59 Å². The lowest BCUT2D eigenvalue weighted by Crippen LogP contribution is -2.44. The molecule has 1 amide bonds. The number of hydrogen-bond acceptors (Lipinski definition) is 3. The molecule has 0 radical (unpaired) electrons. The van der Waals surface area contributed by atoms with Crippen molar-refractivity contribution < 1.29 is 14.0 Å². The highest BCUT2D eigenvalue weighted by atomic mass is 79.9. The average Bonchev–Trinajstić information content (AvgIpc) is 2.75.